The molecule has 2 N–H and O–H groups in total. The molecule has 0 unspecified atom stereocenters. The lowest BCUT2D eigenvalue weighted by Gasteiger charge is -2.24. The Bertz CT molecular complexity index is 587. The zero-order valence-corrected chi connectivity index (χ0v) is 14.8. The van der Waals surface area contributed by atoms with Crippen molar-refractivity contribution in [2.75, 3.05) is 11.9 Å². The summed E-state index contributed by atoms with van der Waals surface area (Å²) in [7, 11) is 0. The molecule has 1 aliphatic rings. The van der Waals surface area contributed by atoms with Gasteiger partial charge in [0.15, 0.2) is 0 Å². The van der Waals surface area contributed by atoms with Crippen LogP contribution in [-0.2, 0) is 4.74 Å². The maximum absolute atomic E-state index is 13.1. The number of rotatable bonds is 5. The zero-order chi connectivity index (χ0) is 17.3. The van der Waals surface area contributed by atoms with Gasteiger partial charge in [-0.2, -0.15) is 0 Å². The van der Waals surface area contributed by atoms with Crippen LogP contribution in [0.1, 0.15) is 45.6 Å². The predicted molar refractivity (Wildman–Crippen MR) is 86.7 cm³/mol. The van der Waals surface area contributed by atoms with E-state index in [9.17, 15) is 13.6 Å². The number of aromatic nitrogens is 1. The number of alkyl halides is 2. The molecule has 1 heterocycles. The van der Waals surface area contributed by atoms with Gasteiger partial charge in [-0.15, -0.1) is 0 Å². The maximum Gasteiger partial charge on any atom is 0.408 e. The predicted octanol–water partition coefficient (Wildman–Crippen LogP) is 4.25. The van der Waals surface area contributed by atoms with Crippen LogP contribution in [0.3, 0.4) is 0 Å². The Labute approximate surface area is 142 Å². The molecule has 0 atom stereocenters. The quantitative estimate of drug-likeness (QED) is 0.736. The van der Waals surface area contributed by atoms with Gasteiger partial charge in [0.1, 0.15) is 10.2 Å². The molecule has 0 spiro atoms. The van der Waals surface area contributed by atoms with Gasteiger partial charge in [-0.05, 0) is 55.6 Å². The number of amides is 1. The van der Waals surface area contributed by atoms with Crippen LogP contribution in [0.25, 0.3) is 0 Å². The van der Waals surface area contributed by atoms with Crippen LogP contribution < -0.4 is 10.6 Å². The third kappa shape index (κ3) is 5.30. The highest BCUT2D eigenvalue weighted by atomic mass is 79.9. The molecule has 23 heavy (non-hydrogen) atoms. The van der Waals surface area contributed by atoms with E-state index in [2.05, 4.69) is 31.5 Å². The van der Waals surface area contributed by atoms with E-state index < -0.39 is 23.7 Å². The molecule has 1 aromatic rings. The van der Waals surface area contributed by atoms with E-state index in [1.807, 2.05) is 0 Å². The highest BCUT2D eigenvalue weighted by Crippen LogP contribution is 2.37. The molecule has 2 rings (SSSR count). The van der Waals surface area contributed by atoms with Gasteiger partial charge in [0.25, 0.3) is 6.43 Å². The molecule has 0 aromatic carbocycles. The molecular formula is C15H20BrF2N3O2. The van der Waals surface area contributed by atoms with Gasteiger partial charge in [0.2, 0.25) is 0 Å². The minimum absolute atomic E-state index is 0.125. The summed E-state index contributed by atoms with van der Waals surface area (Å²) in [5.41, 5.74) is -0.888. The average molecular weight is 392 g/mol. The molecule has 0 radical (unpaired) electrons. The Balaban J connectivity index is 1.97. The summed E-state index contributed by atoms with van der Waals surface area (Å²) in [6, 6.07) is 1.29. The number of anilines is 1. The number of hydrogen-bond acceptors (Lipinski definition) is 4. The van der Waals surface area contributed by atoms with E-state index in [-0.39, 0.29) is 11.3 Å². The highest BCUT2D eigenvalue weighted by Gasteiger charge is 2.45. The van der Waals surface area contributed by atoms with Crippen molar-refractivity contribution >= 4 is 27.7 Å². The van der Waals surface area contributed by atoms with Crippen LogP contribution >= 0.6 is 15.9 Å². The minimum atomic E-state index is -2.61. The van der Waals surface area contributed by atoms with E-state index in [1.54, 1.807) is 20.8 Å². The first-order chi connectivity index (χ1) is 10.6. The first-order valence-electron chi connectivity index (χ1n) is 7.29. The molecule has 1 fully saturated rings. The molecule has 5 nitrogen and oxygen atoms in total. The minimum Gasteiger partial charge on any atom is -0.444 e. The maximum atomic E-state index is 13.1. The summed E-state index contributed by atoms with van der Waals surface area (Å²) in [5, 5.41) is 5.77. The van der Waals surface area contributed by atoms with Crippen LogP contribution in [0.15, 0.2) is 16.9 Å². The Morgan fingerprint density at radius 1 is 1.48 bits per heavy atom. The second-order valence-corrected chi connectivity index (χ2v) is 7.47. The Morgan fingerprint density at radius 2 is 2.13 bits per heavy atom. The highest BCUT2D eigenvalue weighted by molar-refractivity contribution is 9.10. The van der Waals surface area contributed by atoms with Crippen molar-refractivity contribution in [1.82, 2.24) is 10.3 Å². The SMILES string of the molecule is CC(C)(C)OC(=O)NC1(CNc2cnc(Br)cc2C(F)F)CC1. The molecule has 0 saturated heterocycles. The van der Waals surface area contributed by atoms with Crippen molar-refractivity contribution in [1.29, 1.82) is 0 Å². The fraction of sp³-hybridized carbons (Fsp3) is 0.600. The van der Waals surface area contributed by atoms with Crippen molar-refractivity contribution in [3.05, 3.63) is 22.4 Å². The van der Waals surface area contributed by atoms with Crippen molar-refractivity contribution in [2.45, 2.75) is 51.2 Å². The molecular weight excluding hydrogens is 372 g/mol. The topological polar surface area (TPSA) is 63.2 Å². The molecule has 1 saturated carbocycles. The van der Waals surface area contributed by atoms with E-state index in [0.29, 0.717) is 11.1 Å². The first-order valence-corrected chi connectivity index (χ1v) is 8.08. The summed E-state index contributed by atoms with van der Waals surface area (Å²) in [6.45, 7) is 5.70. The van der Waals surface area contributed by atoms with Gasteiger partial charge in [-0.1, -0.05) is 0 Å². The average Bonchev–Trinajstić information content (AvgIpc) is 3.14. The smallest absolute Gasteiger partial charge is 0.408 e. The van der Waals surface area contributed by atoms with Crippen molar-refractivity contribution in [3.8, 4) is 0 Å². The van der Waals surface area contributed by atoms with Crippen LogP contribution in [0.4, 0.5) is 19.3 Å². The lowest BCUT2D eigenvalue weighted by Crippen LogP contribution is -2.44. The number of carbonyl (C=O) groups is 1. The lowest BCUT2D eigenvalue weighted by atomic mass is 10.2. The Hall–Kier alpha value is -1.44. The summed E-state index contributed by atoms with van der Waals surface area (Å²) in [5.74, 6) is 0. The number of carbonyl (C=O) groups excluding carboxylic acids is 1. The van der Waals surface area contributed by atoms with Gasteiger partial charge < -0.3 is 15.4 Å². The largest absolute Gasteiger partial charge is 0.444 e. The van der Waals surface area contributed by atoms with Crippen molar-refractivity contribution in [2.24, 2.45) is 0 Å². The third-order valence-electron chi connectivity index (χ3n) is 3.37. The van der Waals surface area contributed by atoms with Gasteiger partial charge in [0, 0.05) is 12.1 Å². The fourth-order valence-corrected chi connectivity index (χ4v) is 2.40. The summed E-state index contributed by atoms with van der Waals surface area (Å²) < 4.78 is 31.7. The number of hydrogen-bond donors (Lipinski definition) is 2. The van der Waals surface area contributed by atoms with Gasteiger partial charge >= 0.3 is 6.09 Å². The van der Waals surface area contributed by atoms with E-state index >= 15 is 0 Å². The molecule has 8 heteroatoms. The van der Waals surface area contributed by atoms with Crippen molar-refractivity contribution < 1.29 is 18.3 Å². The van der Waals surface area contributed by atoms with Crippen LogP contribution in [0, 0.1) is 0 Å². The Kier molecular flexibility index (Phi) is 5.13. The monoisotopic (exact) mass is 391 g/mol. The van der Waals surface area contributed by atoms with Gasteiger partial charge in [-0.3, -0.25) is 0 Å². The lowest BCUT2D eigenvalue weighted by molar-refractivity contribution is 0.0500. The summed E-state index contributed by atoms with van der Waals surface area (Å²) >= 11 is 3.08. The summed E-state index contributed by atoms with van der Waals surface area (Å²) in [4.78, 5) is 15.8. The fourth-order valence-electron chi connectivity index (χ4n) is 2.05. The number of ether oxygens (including phenoxy) is 1. The van der Waals surface area contributed by atoms with E-state index in [1.165, 1.54) is 12.3 Å². The molecule has 1 aromatic heterocycles. The normalized spacial score (nSPS) is 16.1. The number of halogens is 3. The van der Waals surface area contributed by atoms with Crippen LogP contribution in [-0.4, -0.2) is 28.8 Å². The van der Waals surface area contributed by atoms with Crippen LogP contribution in [0.5, 0.6) is 0 Å². The van der Waals surface area contributed by atoms with Gasteiger partial charge in [0.05, 0.1) is 17.4 Å². The summed E-state index contributed by atoms with van der Waals surface area (Å²) in [6.07, 6.45) is -0.208. The second kappa shape index (κ2) is 6.59. The Morgan fingerprint density at radius 3 is 2.65 bits per heavy atom. The number of alkyl carbamates (subject to hydrolysis) is 1. The number of nitrogens with zero attached hydrogens (tertiary/aromatic N) is 1. The third-order valence-corrected chi connectivity index (χ3v) is 3.81. The molecule has 0 bridgehead atoms. The molecule has 128 valence electrons. The standard InChI is InChI=1S/C15H20BrF2N3O2/c1-14(2,3)23-13(22)21-15(4-5-15)8-20-10-7-19-11(16)6-9(10)12(17)18/h6-7,12,20H,4-5,8H2,1-3H3,(H,21,22). The second-order valence-electron chi connectivity index (χ2n) is 6.66. The van der Waals surface area contributed by atoms with E-state index in [4.69, 9.17) is 4.74 Å². The zero-order valence-electron chi connectivity index (χ0n) is 13.3. The molecule has 1 amide bonds. The number of nitrogens with one attached hydrogen (secondary N) is 2. The molecule has 0 aliphatic heterocycles. The van der Waals surface area contributed by atoms with Crippen molar-refractivity contribution in [3.63, 3.8) is 0 Å². The van der Waals surface area contributed by atoms with E-state index in [0.717, 1.165) is 12.8 Å². The molecule has 1 aliphatic carbocycles. The number of pyridine rings is 1. The first kappa shape index (κ1) is 17.9. The van der Waals surface area contributed by atoms with Gasteiger partial charge in [-0.25, -0.2) is 18.6 Å². The van der Waals surface area contributed by atoms with Crippen LogP contribution in [0.2, 0.25) is 0 Å².